The Hall–Kier alpha value is -2.38. The molecular weight excluding hydrogens is 292 g/mol. The minimum atomic E-state index is -2.17. The van der Waals surface area contributed by atoms with Crippen LogP contribution in [0.2, 0.25) is 0 Å². The number of benzene rings is 3. The summed E-state index contributed by atoms with van der Waals surface area (Å²) in [6, 6.07) is 33.0. The molecule has 3 aromatic rings. The Kier molecular flexibility index (Phi) is 4.59. The number of rotatable bonds is 4. The van der Waals surface area contributed by atoms with Crippen LogP contribution in [0.5, 0.6) is 0 Å². The highest BCUT2D eigenvalue weighted by Gasteiger charge is 2.40. The van der Waals surface area contributed by atoms with Gasteiger partial charge in [-0.2, -0.15) is 0 Å². The molecule has 3 aromatic carbocycles. The predicted octanol–water partition coefficient (Wildman–Crippen LogP) is 3.66. The highest BCUT2D eigenvalue weighted by molar-refractivity contribution is 7.16. The van der Waals surface area contributed by atoms with E-state index in [1.165, 1.54) is 20.8 Å². The molecule has 0 saturated heterocycles. The largest absolute Gasteiger partial charge is 0.175 e. The first-order chi connectivity index (χ1) is 11.3. The zero-order valence-corrected chi connectivity index (χ0v) is 14.7. The summed E-state index contributed by atoms with van der Waals surface area (Å²) in [5, 5.41) is 5.79. The predicted molar refractivity (Wildman–Crippen MR) is 103 cm³/mol. The maximum Gasteiger partial charge on any atom is 0.175 e. The highest BCUT2D eigenvalue weighted by atomic mass is 28.3. The van der Waals surface area contributed by atoms with E-state index in [0.29, 0.717) is 0 Å². The molecule has 0 N–H and O–H groups in total. The lowest BCUT2D eigenvalue weighted by Crippen LogP contribution is -2.68. The summed E-state index contributed by atoms with van der Waals surface area (Å²) in [7, 11) is -2.17. The molecule has 0 unspecified atom stereocenters. The first kappa shape index (κ1) is 15.5. The normalized spacial score (nSPS) is 12.2. The van der Waals surface area contributed by atoms with Gasteiger partial charge >= 0.3 is 0 Å². The van der Waals surface area contributed by atoms with Crippen LogP contribution in [0, 0.1) is 0 Å². The fraction of sp³-hybridized carbons (Fsp3) is 0.0909. The van der Waals surface area contributed by atoms with Crippen molar-refractivity contribution in [1.82, 2.24) is 0 Å². The van der Waals surface area contributed by atoms with Gasteiger partial charge in [0.05, 0.1) is 0 Å². The molecule has 0 fully saturated rings. The zero-order chi connectivity index (χ0) is 16.1. The van der Waals surface area contributed by atoms with Gasteiger partial charge in [-0.05, 0) is 29.4 Å². The van der Waals surface area contributed by atoms with Crippen molar-refractivity contribution in [2.45, 2.75) is 13.8 Å². The van der Waals surface area contributed by atoms with Crippen LogP contribution in [0.4, 0.5) is 0 Å². The van der Waals surface area contributed by atoms with Crippen LogP contribution in [0.15, 0.2) is 102 Å². The molecule has 114 valence electrons. The third-order valence-electron chi connectivity index (χ3n) is 4.64. The van der Waals surface area contributed by atoms with Gasteiger partial charge in [0.2, 0.25) is 0 Å². The maximum atomic E-state index is 2.29. The summed E-state index contributed by atoms with van der Waals surface area (Å²) < 4.78 is 0. The van der Waals surface area contributed by atoms with Gasteiger partial charge in [0, 0.05) is 0 Å². The summed E-state index contributed by atoms with van der Waals surface area (Å²) in [6.07, 6.45) is 2.29. The molecule has 0 amide bonds. The third kappa shape index (κ3) is 2.69. The number of allylic oxidation sites excluding steroid dienone is 2. The van der Waals surface area contributed by atoms with Crippen molar-refractivity contribution >= 4 is 23.6 Å². The second-order valence-corrected chi connectivity index (χ2v) is 9.84. The molecule has 3 rings (SSSR count). The van der Waals surface area contributed by atoms with Crippen molar-refractivity contribution in [3.05, 3.63) is 102 Å². The molecule has 0 radical (unpaired) electrons. The summed E-state index contributed by atoms with van der Waals surface area (Å²) in [5.41, 5.74) is 0. The van der Waals surface area contributed by atoms with E-state index in [1.807, 2.05) is 0 Å². The lowest BCUT2D eigenvalue weighted by atomic mass is 10.3. The van der Waals surface area contributed by atoms with E-state index in [2.05, 4.69) is 111 Å². The third-order valence-corrected chi connectivity index (χ3v) is 9.71. The Bertz CT molecular complexity index is 677. The van der Waals surface area contributed by atoms with E-state index in [0.717, 1.165) is 0 Å². The average molecular weight is 315 g/mol. The quantitative estimate of drug-likeness (QED) is 0.509. The fourth-order valence-corrected chi connectivity index (χ4v) is 8.34. The van der Waals surface area contributed by atoms with Crippen LogP contribution in [-0.2, 0) is 0 Å². The average Bonchev–Trinajstić information content (AvgIpc) is 2.65. The van der Waals surface area contributed by atoms with Crippen LogP contribution < -0.4 is 15.6 Å². The zero-order valence-electron chi connectivity index (χ0n) is 13.7. The maximum absolute atomic E-state index is 2.29. The summed E-state index contributed by atoms with van der Waals surface area (Å²) in [4.78, 5) is 0. The highest BCUT2D eigenvalue weighted by Crippen LogP contribution is 2.16. The second kappa shape index (κ2) is 6.80. The molecule has 0 nitrogen and oxygen atoms in total. The van der Waals surface area contributed by atoms with Crippen LogP contribution in [0.25, 0.3) is 0 Å². The summed E-state index contributed by atoms with van der Waals surface area (Å²) in [5.74, 6) is 0. The Labute approximate surface area is 140 Å². The first-order valence-corrected chi connectivity index (χ1v) is 10.1. The lowest BCUT2D eigenvalue weighted by Gasteiger charge is -2.34. The summed E-state index contributed by atoms with van der Waals surface area (Å²) >= 11 is 0. The molecule has 0 aliphatic carbocycles. The Morgan fingerprint density at radius 2 is 0.913 bits per heavy atom. The SMILES string of the molecule is C/C=C(\C)[Si](c1ccccc1)(c1ccccc1)c1ccccc1. The number of hydrogen-bond acceptors (Lipinski definition) is 0. The molecule has 1 heteroatoms. The van der Waals surface area contributed by atoms with Gasteiger partial charge in [-0.1, -0.05) is 102 Å². The van der Waals surface area contributed by atoms with E-state index in [4.69, 9.17) is 0 Å². The molecule has 0 saturated carbocycles. The van der Waals surface area contributed by atoms with Gasteiger partial charge in [-0.25, -0.2) is 0 Å². The van der Waals surface area contributed by atoms with Crippen molar-refractivity contribution in [3.63, 3.8) is 0 Å². The fourth-order valence-electron chi connectivity index (χ4n) is 3.46. The molecule has 23 heavy (non-hydrogen) atoms. The van der Waals surface area contributed by atoms with Crippen molar-refractivity contribution in [3.8, 4) is 0 Å². The van der Waals surface area contributed by atoms with Crippen molar-refractivity contribution in [2.75, 3.05) is 0 Å². The lowest BCUT2D eigenvalue weighted by molar-refractivity contribution is 1.52. The molecule has 0 aliphatic heterocycles. The van der Waals surface area contributed by atoms with E-state index < -0.39 is 8.07 Å². The molecule has 0 atom stereocenters. The molecule has 0 aliphatic rings. The van der Waals surface area contributed by atoms with Gasteiger partial charge in [0.1, 0.15) is 0 Å². The second-order valence-electron chi connectivity index (χ2n) is 5.82. The van der Waals surface area contributed by atoms with Gasteiger partial charge in [0.15, 0.2) is 8.07 Å². The first-order valence-electron chi connectivity index (χ1n) is 8.10. The van der Waals surface area contributed by atoms with Crippen LogP contribution in [-0.4, -0.2) is 8.07 Å². The van der Waals surface area contributed by atoms with E-state index in [9.17, 15) is 0 Å². The smallest absolute Gasteiger partial charge is 0.0916 e. The van der Waals surface area contributed by atoms with Crippen LogP contribution in [0.1, 0.15) is 13.8 Å². The van der Waals surface area contributed by atoms with Crippen LogP contribution >= 0.6 is 0 Å². The van der Waals surface area contributed by atoms with Gasteiger partial charge in [-0.15, -0.1) is 0 Å². The van der Waals surface area contributed by atoms with E-state index in [-0.39, 0.29) is 0 Å². The Morgan fingerprint density at radius 1 is 0.609 bits per heavy atom. The number of hydrogen-bond donors (Lipinski definition) is 0. The van der Waals surface area contributed by atoms with Gasteiger partial charge < -0.3 is 0 Å². The Balaban J connectivity index is 2.41. The van der Waals surface area contributed by atoms with Crippen molar-refractivity contribution in [1.29, 1.82) is 0 Å². The topological polar surface area (TPSA) is 0 Å². The van der Waals surface area contributed by atoms with E-state index in [1.54, 1.807) is 0 Å². The summed E-state index contributed by atoms with van der Waals surface area (Å²) in [6.45, 7) is 4.45. The van der Waals surface area contributed by atoms with Gasteiger partial charge in [-0.3, -0.25) is 0 Å². The molecule has 0 bridgehead atoms. The van der Waals surface area contributed by atoms with Gasteiger partial charge in [0.25, 0.3) is 0 Å². The Morgan fingerprint density at radius 3 is 1.17 bits per heavy atom. The van der Waals surface area contributed by atoms with E-state index >= 15 is 0 Å². The van der Waals surface area contributed by atoms with Crippen LogP contribution in [0.3, 0.4) is 0 Å². The molecule has 0 heterocycles. The standard InChI is InChI=1S/C22H22Si/c1-3-19(2)23(20-13-7-4-8-14-20,21-15-9-5-10-16-21)22-17-11-6-12-18-22/h3-18H,1-2H3/b19-3+. The monoisotopic (exact) mass is 314 g/mol. The minimum Gasteiger partial charge on any atom is -0.0916 e. The van der Waals surface area contributed by atoms with Crippen molar-refractivity contribution in [2.24, 2.45) is 0 Å². The molecular formula is C22H22Si. The van der Waals surface area contributed by atoms with Crippen molar-refractivity contribution < 1.29 is 0 Å². The molecule has 0 aromatic heterocycles. The molecule has 0 spiro atoms. The minimum absolute atomic E-state index is 1.44.